The van der Waals surface area contributed by atoms with Crippen molar-refractivity contribution < 1.29 is 4.74 Å². The highest BCUT2D eigenvalue weighted by Crippen LogP contribution is 2.26. The van der Waals surface area contributed by atoms with Crippen molar-refractivity contribution in [2.75, 3.05) is 13.2 Å². The van der Waals surface area contributed by atoms with Gasteiger partial charge < -0.3 is 10.1 Å². The highest BCUT2D eigenvalue weighted by Gasteiger charge is 2.31. The van der Waals surface area contributed by atoms with Crippen LogP contribution < -0.4 is 5.32 Å². The maximum Gasteiger partial charge on any atom is 0.0590 e. The molecule has 1 saturated heterocycles. The van der Waals surface area contributed by atoms with Crippen LogP contribution in [-0.4, -0.2) is 25.3 Å². The van der Waals surface area contributed by atoms with Gasteiger partial charge in [0.05, 0.1) is 6.10 Å². The minimum Gasteiger partial charge on any atom is -0.378 e. The molecule has 0 aliphatic carbocycles. The molecule has 2 nitrogen and oxygen atoms in total. The zero-order valence-corrected chi connectivity index (χ0v) is 13.2. The second kappa shape index (κ2) is 7.80. The predicted molar refractivity (Wildman–Crippen MR) is 85.1 cm³/mol. The Bertz CT molecular complexity index is 387. The molecule has 1 heterocycles. The summed E-state index contributed by atoms with van der Waals surface area (Å²) < 4.78 is 5.76. The molecular formula is C18H29NO. The van der Waals surface area contributed by atoms with Crippen LogP contribution in [0.25, 0.3) is 0 Å². The van der Waals surface area contributed by atoms with Crippen LogP contribution in [0.15, 0.2) is 24.3 Å². The van der Waals surface area contributed by atoms with E-state index < -0.39 is 0 Å². The summed E-state index contributed by atoms with van der Waals surface area (Å²) in [4.78, 5) is 0. The molecular weight excluding hydrogens is 246 g/mol. The van der Waals surface area contributed by atoms with Gasteiger partial charge in [0.1, 0.15) is 0 Å². The second-order valence-corrected chi connectivity index (χ2v) is 5.96. The Morgan fingerprint density at radius 1 is 1.20 bits per heavy atom. The first kappa shape index (κ1) is 15.5. The number of hydrogen-bond acceptors (Lipinski definition) is 2. The van der Waals surface area contributed by atoms with E-state index in [1.165, 1.54) is 24.0 Å². The van der Waals surface area contributed by atoms with E-state index in [2.05, 4.69) is 50.4 Å². The summed E-state index contributed by atoms with van der Waals surface area (Å²) in [6.07, 6.45) is 5.00. The molecule has 20 heavy (non-hydrogen) atoms. The Hall–Kier alpha value is -0.860. The Morgan fingerprint density at radius 2 is 1.90 bits per heavy atom. The van der Waals surface area contributed by atoms with Crippen LogP contribution in [0.3, 0.4) is 0 Å². The average Bonchev–Trinajstić information content (AvgIpc) is 2.90. The highest BCUT2D eigenvalue weighted by molar-refractivity contribution is 5.23. The zero-order chi connectivity index (χ0) is 14.4. The number of ether oxygens (including phenoxy) is 1. The summed E-state index contributed by atoms with van der Waals surface area (Å²) in [6.45, 7) is 8.68. The van der Waals surface area contributed by atoms with Crippen LogP contribution in [0, 0.1) is 5.92 Å². The molecule has 0 aromatic heterocycles. The third-order valence-corrected chi connectivity index (χ3v) is 4.50. The minimum absolute atomic E-state index is 0.388. The van der Waals surface area contributed by atoms with Gasteiger partial charge in [-0.15, -0.1) is 0 Å². The van der Waals surface area contributed by atoms with Gasteiger partial charge in [-0.1, -0.05) is 38.1 Å². The van der Waals surface area contributed by atoms with E-state index in [0.29, 0.717) is 18.1 Å². The van der Waals surface area contributed by atoms with Gasteiger partial charge in [0, 0.05) is 18.6 Å². The largest absolute Gasteiger partial charge is 0.378 e. The van der Waals surface area contributed by atoms with Crippen LogP contribution in [0.5, 0.6) is 0 Å². The Morgan fingerprint density at radius 3 is 2.45 bits per heavy atom. The lowest BCUT2D eigenvalue weighted by Gasteiger charge is -2.27. The highest BCUT2D eigenvalue weighted by atomic mass is 16.5. The number of rotatable bonds is 7. The van der Waals surface area contributed by atoms with E-state index >= 15 is 0 Å². The van der Waals surface area contributed by atoms with Crippen molar-refractivity contribution in [1.29, 1.82) is 0 Å². The third-order valence-electron chi connectivity index (χ3n) is 4.50. The lowest BCUT2D eigenvalue weighted by atomic mass is 9.88. The van der Waals surface area contributed by atoms with Crippen molar-refractivity contribution >= 4 is 0 Å². The summed E-state index contributed by atoms with van der Waals surface area (Å²) in [7, 11) is 0. The van der Waals surface area contributed by atoms with Crippen molar-refractivity contribution in [1.82, 2.24) is 5.32 Å². The van der Waals surface area contributed by atoms with E-state index in [1.807, 2.05) is 0 Å². The smallest absolute Gasteiger partial charge is 0.0590 e. The predicted octanol–water partition coefficient (Wildman–Crippen LogP) is 3.58. The second-order valence-electron chi connectivity index (χ2n) is 5.96. The molecule has 1 fully saturated rings. The van der Waals surface area contributed by atoms with Gasteiger partial charge in [0.25, 0.3) is 0 Å². The molecule has 1 aliphatic heterocycles. The monoisotopic (exact) mass is 275 g/mol. The maximum atomic E-state index is 5.76. The molecule has 3 atom stereocenters. The van der Waals surface area contributed by atoms with Crippen LogP contribution >= 0.6 is 0 Å². The number of benzene rings is 1. The summed E-state index contributed by atoms with van der Waals surface area (Å²) in [5, 5.41) is 3.74. The molecule has 3 unspecified atom stereocenters. The van der Waals surface area contributed by atoms with Crippen molar-refractivity contribution in [2.45, 2.75) is 58.6 Å². The van der Waals surface area contributed by atoms with Crippen LogP contribution in [0.4, 0.5) is 0 Å². The molecule has 2 rings (SSSR count). The van der Waals surface area contributed by atoms with Gasteiger partial charge in [-0.2, -0.15) is 0 Å². The summed E-state index contributed by atoms with van der Waals surface area (Å²) in [5.41, 5.74) is 2.86. The first-order chi connectivity index (χ1) is 9.74. The summed E-state index contributed by atoms with van der Waals surface area (Å²) in [5.74, 6) is 0.646. The Labute approximate surface area is 123 Å². The van der Waals surface area contributed by atoms with Crippen LogP contribution in [0.1, 0.15) is 44.7 Å². The normalized spacial score (nSPS) is 23.9. The summed E-state index contributed by atoms with van der Waals surface area (Å²) in [6, 6.07) is 9.65. The first-order valence-electron chi connectivity index (χ1n) is 8.17. The zero-order valence-electron chi connectivity index (χ0n) is 13.2. The van der Waals surface area contributed by atoms with E-state index in [1.54, 1.807) is 0 Å². The van der Waals surface area contributed by atoms with Crippen LogP contribution in [0.2, 0.25) is 0 Å². The van der Waals surface area contributed by atoms with Crippen LogP contribution in [-0.2, 0) is 17.6 Å². The topological polar surface area (TPSA) is 21.3 Å². The van der Waals surface area contributed by atoms with Gasteiger partial charge in [-0.3, -0.25) is 0 Å². The van der Waals surface area contributed by atoms with E-state index in [0.717, 1.165) is 26.0 Å². The lowest BCUT2D eigenvalue weighted by Crippen LogP contribution is -2.41. The molecule has 112 valence electrons. The van der Waals surface area contributed by atoms with Gasteiger partial charge in [-0.05, 0) is 50.3 Å². The van der Waals surface area contributed by atoms with Gasteiger partial charge in [0.15, 0.2) is 0 Å². The minimum atomic E-state index is 0.388. The lowest BCUT2D eigenvalue weighted by molar-refractivity contribution is 0.0954. The van der Waals surface area contributed by atoms with Crippen molar-refractivity contribution in [3.8, 4) is 0 Å². The number of hydrogen-bond donors (Lipinski definition) is 1. The van der Waals surface area contributed by atoms with Gasteiger partial charge in [0.2, 0.25) is 0 Å². The summed E-state index contributed by atoms with van der Waals surface area (Å²) >= 11 is 0. The average molecular weight is 275 g/mol. The molecule has 0 bridgehead atoms. The SMILES string of the molecule is CCCNC(Cc1ccc(CC)cc1)C1CCOC1C. The molecule has 1 aromatic rings. The molecule has 0 radical (unpaired) electrons. The Kier molecular flexibility index (Phi) is 6.06. The van der Waals surface area contributed by atoms with Crippen molar-refractivity contribution in [3.05, 3.63) is 35.4 Å². The molecule has 1 aromatic carbocycles. The fourth-order valence-corrected chi connectivity index (χ4v) is 3.15. The van der Waals surface area contributed by atoms with E-state index in [9.17, 15) is 0 Å². The van der Waals surface area contributed by atoms with E-state index in [4.69, 9.17) is 4.74 Å². The van der Waals surface area contributed by atoms with E-state index in [-0.39, 0.29) is 0 Å². The van der Waals surface area contributed by atoms with Gasteiger partial charge in [-0.25, -0.2) is 0 Å². The third kappa shape index (κ3) is 4.07. The van der Waals surface area contributed by atoms with Gasteiger partial charge >= 0.3 is 0 Å². The maximum absolute atomic E-state index is 5.76. The fraction of sp³-hybridized carbons (Fsp3) is 0.667. The van der Waals surface area contributed by atoms with Crippen molar-refractivity contribution in [2.24, 2.45) is 5.92 Å². The number of aryl methyl sites for hydroxylation is 1. The number of nitrogens with one attached hydrogen (secondary N) is 1. The fourth-order valence-electron chi connectivity index (χ4n) is 3.15. The standard InChI is InChI=1S/C18H29NO/c1-4-11-19-18(17-10-12-20-14(17)3)13-16-8-6-15(5-2)7-9-16/h6-9,14,17-19H,4-5,10-13H2,1-3H3. The molecule has 0 saturated carbocycles. The molecule has 0 amide bonds. The molecule has 0 spiro atoms. The quantitative estimate of drug-likeness (QED) is 0.821. The Balaban J connectivity index is 2.01. The molecule has 2 heteroatoms. The molecule has 1 N–H and O–H groups in total. The molecule has 1 aliphatic rings. The van der Waals surface area contributed by atoms with Crippen molar-refractivity contribution in [3.63, 3.8) is 0 Å². The first-order valence-corrected chi connectivity index (χ1v) is 8.17.